The van der Waals surface area contributed by atoms with Crippen LogP contribution in [0.3, 0.4) is 0 Å². The maximum absolute atomic E-state index is 13.1. The highest BCUT2D eigenvalue weighted by molar-refractivity contribution is 5.94. The topological polar surface area (TPSA) is 55.1 Å². The maximum atomic E-state index is 13.1. The Balaban J connectivity index is 0.00000225. The van der Waals surface area contributed by atoms with Gasteiger partial charge in [-0.1, -0.05) is 13.0 Å². The van der Waals surface area contributed by atoms with Crippen LogP contribution in [0, 0.1) is 12.7 Å². The van der Waals surface area contributed by atoms with Crippen LogP contribution in [0.1, 0.15) is 18.9 Å². The van der Waals surface area contributed by atoms with Gasteiger partial charge in [0.05, 0.1) is 6.04 Å². The number of aryl methyl sites for hydroxylation is 1. The van der Waals surface area contributed by atoms with Crippen molar-refractivity contribution in [2.45, 2.75) is 26.3 Å². The van der Waals surface area contributed by atoms with Gasteiger partial charge in [0, 0.05) is 5.69 Å². The zero-order chi connectivity index (χ0) is 11.4. The molecule has 0 aliphatic heterocycles. The van der Waals surface area contributed by atoms with E-state index in [1.165, 1.54) is 6.07 Å². The average Bonchev–Trinajstić information content (AvgIpc) is 2.22. The second-order valence-electron chi connectivity index (χ2n) is 3.47. The van der Waals surface area contributed by atoms with Crippen LogP contribution in [0.2, 0.25) is 0 Å². The van der Waals surface area contributed by atoms with Crippen LogP contribution in [-0.2, 0) is 4.79 Å². The zero-order valence-corrected chi connectivity index (χ0v) is 10.1. The number of rotatable bonds is 3. The van der Waals surface area contributed by atoms with Gasteiger partial charge in [0.25, 0.3) is 0 Å². The Hall–Kier alpha value is -1.13. The van der Waals surface area contributed by atoms with Gasteiger partial charge in [-0.3, -0.25) is 4.79 Å². The van der Waals surface area contributed by atoms with E-state index in [1.807, 2.05) is 6.92 Å². The summed E-state index contributed by atoms with van der Waals surface area (Å²) in [5.74, 6) is -0.626. The molecule has 3 N–H and O–H groups in total. The van der Waals surface area contributed by atoms with Crippen molar-refractivity contribution in [3.63, 3.8) is 0 Å². The van der Waals surface area contributed by atoms with E-state index in [0.717, 1.165) is 0 Å². The van der Waals surface area contributed by atoms with Crippen molar-refractivity contribution in [1.82, 2.24) is 0 Å². The quantitative estimate of drug-likeness (QED) is 0.859. The Morgan fingerprint density at radius 1 is 1.56 bits per heavy atom. The first-order chi connectivity index (χ1) is 7.04. The molecule has 0 radical (unpaired) electrons. The van der Waals surface area contributed by atoms with Gasteiger partial charge in [0.1, 0.15) is 5.82 Å². The average molecular weight is 247 g/mol. The molecule has 0 aromatic heterocycles. The van der Waals surface area contributed by atoms with Crippen LogP contribution in [0.25, 0.3) is 0 Å². The third-order valence-corrected chi connectivity index (χ3v) is 2.22. The van der Waals surface area contributed by atoms with Gasteiger partial charge in [0.15, 0.2) is 0 Å². The Labute approximate surface area is 101 Å². The molecule has 0 bridgehead atoms. The van der Waals surface area contributed by atoms with Gasteiger partial charge in [-0.05, 0) is 31.0 Å². The molecule has 0 aliphatic carbocycles. The molecule has 1 aromatic carbocycles. The molecule has 0 fully saturated rings. The molecular weight excluding hydrogens is 231 g/mol. The fourth-order valence-electron chi connectivity index (χ4n) is 1.09. The molecular formula is C11H16ClFN2O. The van der Waals surface area contributed by atoms with E-state index in [-0.39, 0.29) is 24.1 Å². The van der Waals surface area contributed by atoms with Crippen molar-refractivity contribution >= 4 is 24.0 Å². The van der Waals surface area contributed by atoms with Crippen LogP contribution in [0.4, 0.5) is 10.1 Å². The van der Waals surface area contributed by atoms with E-state index in [2.05, 4.69) is 5.32 Å². The summed E-state index contributed by atoms with van der Waals surface area (Å²) in [6.07, 6.45) is 0.556. The summed E-state index contributed by atoms with van der Waals surface area (Å²) in [4.78, 5) is 11.4. The fraction of sp³-hybridized carbons (Fsp3) is 0.364. The van der Waals surface area contributed by atoms with E-state index in [0.29, 0.717) is 17.7 Å². The molecule has 1 aromatic rings. The van der Waals surface area contributed by atoms with E-state index in [1.54, 1.807) is 19.1 Å². The molecule has 1 atom stereocenters. The molecule has 1 rings (SSSR count). The van der Waals surface area contributed by atoms with Gasteiger partial charge in [-0.15, -0.1) is 12.4 Å². The molecule has 5 heteroatoms. The minimum atomic E-state index is -0.547. The maximum Gasteiger partial charge on any atom is 0.241 e. The first kappa shape index (κ1) is 14.9. The monoisotopic (exact) mass is 246 g/mol. The van der Waals surface area contributed by atoms with Gasteiger partial charge in [-0.2, -0.15) is 0 Å². The van der Waals surface area contributed by atoms with Crippen LogP contribution < -0.4 is 11.1 Å². The molecule has 1 amide bonds. The van der Waals surface area contributed by atoms with Gasteiger partial charge < -0.3 is 11.1 Å². The highest BCUT2D eigenvalue weighted by Crippen LogP contribution is 2.13. The molecule has 90 valence electrons. The van der Waals surface area contributed by atoms with Gasteiger partial charge in [-0.25, -0.2) is 4.39 Å². The summed E-state index contributed by atoms with van der Waals surface area (Å²) < 4.78 is 13.1. The summed E-state index contributed by atoms with van der Waals surface area (Å²) in [6.45, 7) is 3.48. The first-order valence-corrected chi connectivity index (χ1v) is 4.87. The first-order valence-electron chi connectivity index (χ1n) is 4.87. The number of nitrogens with two attached hydrogens (primary N) is 1. The number of hydrogen-bond donors (Lipinski definition) is 2. The number of nitrogens with one attached hydrogen (secondary N) is 1. The molecule has 0 spiro atoms. The van der Waals surface area contributed by atoms with Crippen LogP contribution >= 0.6 is 12.4 Å². The fourth-order valence-corrected chi connectivity index (χ4v) is 1.09. The summed E-state index contributed by atoms with van der Waals surface area (Å²) >= 11 is 0. The van der Waals surface area contributed by atoms with Crippen LogP contribution in [0.15, 0.2) is 18.2 Å². The minimum Gasteiger partial charge on any atom is -0.325 e. The van der Waals surface area contributed by atoms with Gasteiger partial charge >= 0.3 is 0 Å². The molecule has 0 saturated carbocycles. The predicted octanol–water partition coefficient (Wildman–Crippen LogP) is 2.23. The van der Waals surface area contributed by atoms with Crippen LogP contribution in [0.5, 0.6) is 0 Å². The lowest BCUT2D eigenvalue weighted by atomic mass is 10.2. The lowest BCUT2D eigenvalue weighted by molar-refractivity contribution is -0.117. The van der Waals surface area contributed by atoms with E-state index >= 15 is 0 Å². The SMILES string of the molecule is CC[C@H](N)C(=O)Nc1ccc(C)c(F)c1.Cl. The number of carbonyl (C=O) groups is 1. The number of halogens is 2. The molecule has 0 heterocycles. The van der Waals surface area contributed by atoms with Gasteiger partial charge in [0.2, 0.25) is 5.91 Å². The minimum absolute atomic E-state index is 0. The van der Waals surface area contributed by atoms with E-state index in [9.17, 15) is 9.18 Å². The predicted molar refractivity (Wildman–Crippen MR) is 65.3 cm³/mol. The number of hydrogen-bond acceptors (Lipinski definition) is 2. The number of anilines is 1. The second-order valence-corrected chi connectivity index (χ2v) is 3.47. The Morgan fingerprint density at radius 2 is 2.19 bits per heavy atom. The number of benzene rings is 1. The highest BCUT2D eigenvalue weighted by Gasteiger charge is 2.11. The molecule has 16 heavy (non-hydrogen) atoms. The summed E-state index contributed by atoms with van der Waals surface area (Å²) in [6, 6.07) is 4.01. The standard InChI is InChI=1S/C11H15FN2O.ClH/c1-3-10(13)11(15)14-8-5-4-7(2)9(12)6-8;/h4-6,10H,3,13H2,1-2H3,(H,14,15);1H/t10-;/m0./s1. The molecule has 3 nitrogen and oxygen atoms in total. The molecule has 0 aliphatic rings. The van der Waals surface area contributed by atoms with Crippen LogP contribution in [-0.4, -0.2) is 11.9 Å². The van der Waals surface area contributed by atoms with Crippen molar-refractivity contribution < 1.29 is 9.18 Å². The van der Waals surface area contributed by atoms with E-state index in [4.69, 9.17) is 5.73 Å². The normalized spacial score (nSPS) is 11.5. The number of amides is 1. The Kier molecular flexibility index (Phi) is 6.00. The highest BCUT2D eigenvalue weighted by atomic mass is 35.5. The second kappa shape index (κ2) is 6.45. The third kappa shape index (κ3) is 3.79. The Morgan fingerprint density at radius 3 is 2.69 bits per heavy atom. The zero-order valence-electron chi connectivity index (χ0n) is 9.29. The summed E-state index contributed by atoms with van der Waals surface area (Å²) in [5, 5.41) is 2.56. The Bertz CT molecular complexity index is 371. The van der Waals surface area contributed by atoms with Crippen molar-refractivity contribution in [3.05, 3.63) is 29.6 Å². The summed E-state index contributed by atoms with van der Waals surface area (Å²) in [7, 11) is 0. The largest absolute Gasteiger partial charge is 0.325 e. The third-order valence-electron chi connectivity index (χ3n) is 2.22. The molecule has 0 unspecified atom stereocenters. The summed E-state index contributed by atoms with van der Waals surface area (Å²) in [5.41, 5.74) is 6.51. The van der Waals surface area contributed by atoms with E-state index < -0.39 is 6.04 Å². The smallest absolute Gasteiger partial charge is 0.241 e. The lowest BCUT2D eigenvalue weighted by Crippen LogP contribution is -2.34. The van der Waals surface area contributed by atoms with Crippen molar-refractivity contribution in [2.75, 3.05) is 5.32 Å². The molecule has 0 saturated heterocycles. The van der Waals surface area contributed by atoms with Crippen molar-refractivity contribution in [3.8, 4) is 0 Å². The van der Waals surface area contributed by atoms with Crippen molar-refractivity contribution in [2.24, 2.45) is 5.73 Å². The number of carbonyl (C=O) groups excluding carboxylic acids is 1. The lowest BCUT2D eigenvalue weighted by Gasteiger charge is -2.10. The van der Waals surface area contributed by atoms with Crippen molar-refractivity contribution in [1.29, 1.82) is 0 Å².